The van der Waals surface area contributed by atoms with Gasteiger partial charge in [-0.15, -0.1) is 0 Å². The van der Waals surface area contributed by atoms with Gasteiger partial charge in [0.15, 0.2) is 0 Å². The van der Waals surface area contributed by atoms with E-state index in [1.165, 1.54) is 12.8 Å². The summed E-state index contributed by atoms with van der Waals surface area (Å²) in [5.41, 5.74) is 2.32. The zero-order valence-corrected chi connectivity index (χ0v) is 11.4. The van der Waals surface area contributed by atoms with Crippen LogP contribution in [0, 0.1) is 6.92 Å². The molecular weight excluding hydrogens is 210 g/mol. The molecule has 0 bridgehead atoms. The molecule has 1 aromatic rings. The van der Waals surface area contributed by atoms with E-state index in [9.17, 15) is 0 Å². The van der Waals surface area contributed by atoms with Gasteiger partial charge in [-0.1, -0.05) is 27.2 Å². The molecule has 0 amide bonds. The molecule has 94 valence electrons. The predicted octanol–water partition coefficient (Wildman–Crippen LogP) is 2.90. The van der Waals surface area contributed by atoms with Crippen molar-refractivity contribution in [2.75, 3.05) is 6.54 Å². The van der Waals surface area contributed by atoms with Crippen LogP contribution in [0.15, 0.2) is 6.07 Å². The molecule has 3 nitrogen and oxygen atoms in total. The molecular formula is C14H23N3. The minimum atomic E-state index is 0.0944. The smallest absolute Gasteiger partial charge is 0.145 e. The van der Waals surface area contributed by atoms with Crippen molar-refractivity contribution in [3.05, 3.63) is 23.3 Å². The molecule has 1 N–H and O–H groups in total. The molecule has 0 aromatic carbocycles. The van der Waals surface area contributed by atoms with Gasteiger partial charge in [-0.25, -0.2) is 9.97 Å². The van der Waals surface area contributed by atoms with Crippen LogP contribution >= 0.6 is 0 Å². The average Bonchev–Trinajstić information content (AvgIpc) is 2.28. The Labute approximate surface area is 104 Å². The van der Waals surface area contributed by atoms with Crippen molar-refractivity contribution in [1.82, 2.24) is 15.3 Å². The van der Waals surface area contributed by atoms with Gasteiger partial charge in [0.2, 0.25) is 0 Å². The van der Waals surface area contributed by atoms with Crippen LogP contribution in [0.3, 0.4) is 0 Å². The van der Waals surface area contributed by atoms with E-state index in [1.807, 2.05) is 0 Å². The summed E-state index contributed by atoms with van der Waals surface area (Å²) >= 11 is 0. The van der Waals surface area contributed by atoms with Crippen LogP contribution in [0.5, 0.6) is 0 Å². The zero-order valence-electron chi connectivity index (χ0n) is 11.4. The van der Waals surface area contributed by atoms with Crippen LogP contribution in [-0.2, 0) is 5.41 Å². The lowest BCUT2D eigenvalue weighted by molar-refractivity contribution is 0.393. The van der Waals surface area contributed by atoms with Crippen LogP contribution in [-0.4, -0.2) is 16.5 Å². The monoisotopic (exact) mass is 233 g/mol. The number of hydrogen-bond acceptors (Lipinski definition) is 3. The number of hydrogen-bond donors (Lipinski definition) is 1. The van der Waals surface area contributed by atoms with Crippen LogP contribution in [0.1, 0.15) is 63.3 Å². The molecule has 3 heteroatoms. The SMILES string of the molecule is Cc1cc(C(C)(C)C)nc(C2CCCCN2)n1. The third-order valence-electron chi connectivity index (χ3n) is 3.26. The lowest BCUT2D eigenvalue weighted by Gasteiger charge is -2.25. The van der Waals surface area contributed by atoms with E-state index in [2.05, 4.69) is 44.1 Å². The van der Waals surface area contributed by atoms with Crippen molar-refractivity contribution >= 4 is 0 Å². The molecule has 2 rings (SSSR count). The van der Waals surface area contributed by atoms with E-state index in [1.54, 1.807) is 0 Å². The maximum absolute atomic E-state index is 4.75. The van der Waals surface area contributed by atoms with Crippen molar-refractivity contribution in [3.63, 3.8) is 0 Å². The van der Waals surface area contributed by atoms with Crippen molar-refractivity contribution in [2.24, 2.45) is 0 Å². The second-order valence-electron chi connectivity index (χ2n) is 6.01. The molecule has 0 spiro atoms. The number of nitrogens with one attached hydrogen (secondary N) is 1. The first-order valence-electron chi connectivity index (χ1n) is 6.56. The molecule has 1 saturated heterocycles. The highest BCUT2D eigenvalue weighted by atomic mass is 15.0. The van der Waals surface area contributed by atoms with E-state index in [0.29, 0.717) is 6.04 Å². The first kappa shape index (κ1) is 12.5. The fourth-order valence-corrected chi connectivity index (χ4v) is 2.20. The van der Waals surface area contributed by atoms with E-state index >= 15 is 0 Å². The lowest BCUT2D eigenvalue weighted by atomic mass is 9.91. The fraction of sp³-hybridized carbons (Fsp3) is 0.714. The van der Waals surface area contributed by atoms with E-state index in [-0.39, 0.29) is 5.41 Å². The molecule has 1 unspecified atom stereocenters. The van der Waals surface area contributed by atoms with Crippen LogP contribution in [0.2, 0.25) is 0 Å². The molecule has 1 aliphatic rings. The first-order valence-corrected chi connectivity index (χ1v) is 6.56. The van der Waals surface area contributed by atoms with Crippen LogP contribution in [0.4, 0.5) is 0 Å². The molecule has 2 heterocycles. The molecule has 1 fully saturated rings. The Bertz CT molecular complexity index is 387. The number of aryl methyl sites for hydroxylation is 1. The van der Waals surface area contributed by atoms with Crippen LogP contribution < -0.4 is 5.32 Å². The maximum atomic E-state index is 4.75. The predicted molar refractivity (Wildman–Crippen MR) is 70.1 cm³/mol. The normalized spacial score (nSPS) is 21.5. The highest BCUT2D eigenvalue weighted by molar-refractivity contribution is 5.18. The second-order valence-corrected chi connectivity index (χ2v) is 6.01. The highest BCUT2D eigenvalue weighted by Crippen LogP contribution is 2.25. The van der Waals surface area contributed by atoms with Gasteiger partial charge in [-0.3, -0.25) is 0 Å². The average molecular weight is 233 g/mol. The zero-order chi connectivity index (χ0) is 12.5. The number of nitrogens with zero attached hydrogens (tertiary/aromatic N) is 2. The Morgan fingerprint density at radius 1 is 1.24 bits per heavy atom. The summed E-state index contributed by atoms with van der Waals surface area (Å²) in [5, 5.41) is 3.52. The quantitative estimate of drug-likeness (QED) is 0.810. The van der Waals surface area contributed by atoms with Gasteiger partial charge in [0.05, 0.1) is 6.04 Å². The topological polar surface area (TPSA) is 37.8 Å². The van der Waals surface area contributed by atoms with E-state index in [4.69, 9.17) is 4.98 Å². The third kappa shape index (κ3) is 3.03. The molecule has 17 heavy (non-hydrogen) atoms. The van der Waals surface area contributed by atoms with Gasteiger partial charge >= 0.3 is 0 Å². The van der Waals surface area contributed by atoms with Gasteiger partial charge in [0, 0.05) is 16.8 Å². The van der Waals surface area contributed by atoms with Gasteiger partial charge in [-0.05, 0) is 32.4 Å². The molecule has 0 aliphatic carbocycles. The first-order chi connectivity index (χ1) is 7.97. The van der Waals surface area contributed by atoms with Crippen molar-refractivity contribution in [3.8, 4) is 0 Å². The minimum absolute atomic E-state index is 0.0944. The summed E-state index contributed by atoms with van der Waals surface area (Å²) in [6, 6.07) is 2.46. The van der Waals surface area contributed by atoms with Crippen molar-refractivity contribution in [2.45, 2.75) is 58.4 Å². The largest absolute Gasteiger partial charge is 0.307 e. The van der Waals surface area contributed by atoms with Crippen LogP contribution in [0.25, 0.3) is 0 Å². The van der Waals surface area contributed by atoms with Gasteiger partial charge in [0.1, 0.15) is 5.82 Å². The summed E-state index contributed by atoms with van der Waals surface area (Å²) in [6.45, 7) is 9.75. The lowest BCUT2D eigenvalue weighted by Crippen LogP contribution is -2.29. The molecule has 1 atom stereocenters. The number of piperidine rings is 1. The fourth-order valence-electron chi connectivity index (χ4n) is 2.20. The Hall–Kier alpha value is -0.960. The second kappa shape index (κ2) is 4.73. The highest BCUT2D eigenvalue weighted by Gasteiger charge is 2.22. The maximum Gasteiger partial charge on any atom is 0.145 e. The van der Waals surface area contributed by atoms with Gasteiger partial charge in [-0.2, -0.15) is 0 Å². The van der Waals surface area contributed by atoms with Gasteiger partial charge in [0.25, 0.3) is 0 Å². The summed E-state index contributed by atoms with van der Waals surface area (Å²) in [6.07, 6.45) is 3.71. The summed E-state index contributed by atoms with van der Waals surface area (Å²) in [5.74, 6) is 0.981. The Balaban J connectivity index is 2.31. The van der Waals surface area contributed by atoms with Crippen molar-refractivity contribution in [1.29, 1.82) is 0 Å². The Kier molecular flexibility index (Phi) is 3.48. The Morgan fingerprint density at radius 3 is 2.59 bits per heavy atom. The molecule has 0 radical (unpaired) electrons. The molecule has 1 aliphatic heterocycles. The number of aromatic nitrogens is 2. The van der Waals surface area contributed by atoms with Gasteiger partial charge < -0.3 is 5.32 Å². The molecule has 1 aromatic heterocycles. The summed E-state index contributed by atoms with van der Waals surface area (Å²) < 4.78 is 0. The Morgan fingerprint density at radius 2 is 2.00 bits per heavy atom. The van der Waals surface area contributed by atoms with E-state index < -0.39 is 0 Å². The standard InChI is InChI=1S/C14H23N3/c1-10-9-12(14(2,3)4)17-13(16-10)11-7-5-6-8-15-11/h9,11,15H,5-8H2,1-4H3. The minimum Gasteiger partial charge on any atom is -0.307 e. The number of rotatable bonds is 1. The van der Waals surface area contributed by atoms with E-state index in [0.717, 1.165) is 30.2 Å². The molecule has 0 saturated carbocycles. The summed E-state index contributed by atoms with van der Waals surface area (Å²) in [7, 11) is 0. The third-order valence-corrected chi connectivity index (χ3v) is 3.26. The summed E-state index contributed by atoms with van der Waals surface area (Å²) in [4.78, 5) is 9.35. The van der Waals surface area contributed by atoms with Crippen molar-refractivity contribution < 1.29 is 0 Å².